The van der Waals surface area contributed by atoms with Gasteiger partial charge in [0.15, 0.2) is 11.2 Å². The topological polar surface area (TPSA) is 43.4 Å². The predicted molar refractivity (Wildman–Crippen MR) is 55.4 cm³/mol. The maximum Gasteiger partial charge on any atom is 0.331 e. The molecule has 0 fully saturated rings. The first kappa shape index (κ1) is 13.4. The monoisotopic (exact) mass is 220 g/mol. The van der Waals surface area contributed by atoms with Crippen LogP contribution in [0.1, 0.15) is 33.6 Å². The number of esters is 1. The molecule has 0 aromatic heterocycles. The van der Waals surface area contributed by atoms with Crippen molar-refractivity contribution in [3.8, 4) is 0 Å². The van der Waals surface area contributed by atoms with E-state index in [1.54, 1.807) is 6.92 Å². The molecule has 1 atom stereocenters. The highest BCUT2D eigenvalue weighted by atomic mass is 35.5. The molecule has 0 rings (SSSR count). The lowest BCUT2D eigenvalue weighted by molar-refractivity contribution is -0.145. The third-order valence-corrected chi connectivity index (χ3v) is 2.17. The SMILES string of the molecule is CCOC(=O)C(Cl)C(=O)CCC(C)C. The van der Waals surface area contributed by atoms with E-state index in [1.165, 1.54) is 0 Å². The van der Waals surface area contributed by atoms with Gasteiger partial charge in [-0.15, -0.1) is 11.6 Å². The lowest BCUT2D eigenvalue weighted by Crippen LogP contribution is -2.26. The fourth-order valence-electron chi connectivity index (χ4n) is 0.905. The molecule has 0 aromatic rings. The van der Waals surface area contributed by atoms with Crippen LogP contribution in [0.2, 0.25) is 0 Å². The maximum atomic E-state index is 11.3. The first-order valence-corrected chi connectivity index (χ1v) is 5.26. The minimum atomic E-state index is -1.13. The number of carbonyl (C=O) groups excluding carboxylic acids is 2. The Morgan fingerprint density at radius 3 is 2.36 bits per heavy atom. The summed E-state index contributed by atoms with van der Waals surface area (Å²) in [6, 6.07) is 0. The minimum absolute atomic E-state index is 0.250. The van der Waals surface area contributed by atoms with Crippen molar-refractivity contribution in [2.45, 2.75) is 39.0 Å². The number of ether oxygens (including phenoxy) is 1. The summed E-state index contributed by atoms with van der Waals surface area (Å²) in [7, 11) is 0. The van der Waals surface area contributed by atoms with E-state index < -0.39 is 11.3 Å². The fraction of sp³-hybridized carbons (Fsp3) is 0.800. The van der Waals surface area contributed by atoms with Crippen molar-refractivity contribution in [2.75, 3.05) is 6.61 Å². The lowest BCUT2D eigenvalue weighted by Gasteiger charge is -2.08. The second-order valence-corrected chi connectivity index (χ2v) is 3.95. The van der Waals surface area contributed by atoms with Gasteiger partial charge in [0, 0.05) is 6.42 Å². The molecule has 0 amide bonds. The number of halogens is 1. The van der Waals surface area contributed by atoms with Crippen molar-refractivity contribution in [3.63, 3.8) is 0 Å². The summed E-state index contributed by atoms with van der Waals surface area (Å²) in [6.45, 7) is 5.96. The molecule has 3 nitrogen and oxygen atoms in total. The van der Waals surface area contributed by atoms with Gasteiger partial charge in [0.2, 0.25) is 0 Å². The third-order valence-electron chi connectivity index (χ3n) is 1.74. The second-order valence-electron chi connectivity index (χ2n) is 3.51. The van der Waals surface area contributed by atoms with Crippen LogP contribution in [0.4, 0.5) is 0 Å². The molecule has 0 aliphatic carbocycles. The van der Waals surface area contributed by atoms with Crippen molar-refractivity contribution in [3.05, 3.63) is 0 Å². The Balaban J connectivity index is 3.92. The molecule has 0 radical (unpaired) electrons. The van der Waals surface area contributed by atoms with E-state index in [0.29, 0.717) is 12.3 Å². The van der Waals surface area contributed by atoms with Gasteiger partial charge in [-0.3, -0.25) is 4.79 Å². The molecule has 0 aliphatic rings. The normalized spacial score (nSPS) is 12.6. The summed E-state index contributed by atoms with van der Waals surface area (Å²) < 4.78 is 4.64. The molecule has 0 aliphatic heterocycles. The summed E-state index contributed by atoms with van der Waals surface area (Å²) >= 11 is 5.62. The van der Waals surface area contributed by atoms with Gasteiger partial charge in [-0.25, -0.2) is 4.79 Å². The zero-order valence-electron chi connectivity index (χ0n) is 8.88. The molecular formula is C10H17ClO3. The molecule has 4 heteroatoms. The second kappa shape index (κ2) is 6.82. The number of carbonyl (C=O) groups is 2. The summed E-state index contributed by atoms with van der Waals surface area (Å²) in [5.41, 5.74) is 0. The van der Waals surface area contributed by atoms with E-state index in [-0.39, 0.29) is 12.4 Å². The quantitative estimate of drug-likeness (QED) is 0.392. The molecule has 14 heavy (non-hydrogen) atoms. The smallest absolute Gasteiger partial charge is 0.331 e. The minimum Gasteiger partial charge on any atom is -0.465 e. The van der Waals surface area contributed by atoms with Crippen molar-refractivity contribution in [2.24, 2.45) is 5.92 Å². The van der Waals surface area contributed by atoms with E-state index in [1.807, 2.05) is 13.8 Å². The average molecular weight is 221 g/mol. The van der Waals surface area contributed by atoms with Gasteiger partial charge in [0.25, 0.3) is 0 Å². The van der Waals surface area contributed by atoms with Crippen molar-refractivity contribution in [1.82, 2.24) is 0 Å². The van der Waals surface area contributed by atoms with Crippen LogP contribution in [-0.2, 0) is 14.3 Å². The molecule has 0 heterocycles. The van der Waals surface area contributed by atoms with Gasteiger partial charge in [0.05, 0.1) is 6.61 Å². The Morgan fingerprint density at radius 1 is 1.36 bits per heavy atom. The van der Waals surface area contributed by atoms with Crippen LogP contribution >= 0.6 is 11.6 Å². The van der Waals surface area contributed by atoms with E-state index in [4.69, 9.17) is 11.6 Å². The number of ketones is 1. The Labute approximate surface area is 89.8 Å². The van der Waals surface area contributed by atoms with E-state index in [2.05, 4.69) is 4.74 Å². The summed E-state index contributed by atoms with van der Waals surface area (Å²) in [4.78, 5) is 22.4. The van der Waals surface area contributed by atoms with Crippen molar-refractivity contribution >= 4 is 23.4 Å². The van der Waals surface area contributed by atoms with Crippen LogP contribution in [0.3, 0.4) is 0 Å². The Morgan fingerprint density at radius 2 is 1.93 bits per heavy atom. The Bertz CT molecular complexity index is 202. The van der Waals surface area contributed by atoms with Crippen LogP contribution < -0.4 is 0 Å². The molecular weight excluding hydrogens is 204 g/mol. The number of alkyl halides is 1. The third kappa shape index (κ3) is 5.22. The van der Waals surface area contributed by atoms with E-state index in [0.717, 1.165) is 6.42 Å². The van der Waals surface area contributed by atoms with Crippen LogP contribution in [0, 0.1) is 5.92 Å². The van der Waals surface area contributed by atoms with Gasteiger partial charge >= 0.3 is 5.97 Å². The van der Waals surface area contributed by atoms with E-state index >= 15 is 0 Å². The van der Waals surface area contributed by atoms with Gasteiger partial charge < -0.3 is 4.74 Å². The molecule has 82 valence electrons. The van der Waals surface area contributed by atoms with Crippen molar-refractivity contribution in [1.29, 1.82) is 0 Å². The number of rotatable bonds is 6. The van der Waals surface area contributed by atoms with Crippen LogP contribution in [0.5, 0.6) is 0 Å². The first-order chi connectivity index (χ1) is 6.49. The number of hydrogen-bond acceptors (Lipinski definition) is 3. The standard InChI is InChI=1S/C10H17ClO3/c1-4-14-10(13)9(11)8(12)6-5-7(2)3/h7,9H,4-6H2,1-3H3. The van der Waals surface area contributed by atoms with Gasteiger partial charge in [-0.1, -0.05) is 13.8 Å². The fourth-order valence-corrected chi connectivity index (χ4v) is 1.08. The molecule has 0 spiro atoms. The summed E-state index contributed by atoms with van der Waals surface area (Å²) in [6.07, 6.45) is 1.09. The zero-order chi connectivity index (χ0) is 11.1. The van der Waals surface area contributed by atoms with Crippen LogP contribution in [0.15, 0.2) is 0 Å². The molecule has 1 unspecified atom stereocenters. The summed E-state index contributed by atoms with van der Waals surface area (Å²) in [5.74, 6) is -0.452. The number of Topliss-reactive ketones (excluding diaryl/α,β-unsaturated/α-hetero) is 1. The van der Waals surface area contributed by atoms with Gasteiger partial charge in [-0.2, -0.15) is 0 Å². The van der Waals surface area contributed by atoms with E-state index in [9.17, 15) is 9.59 Å². The Hall–Kier alpha value is -0.570. The molecule has 0 saturated carbocycles. The first-order valence-electron chi connectivity index (χ1n) is 4.82. The Kier molecular flexibility index (Phi) is 6.54. The predicted octanol–water partition coefficient (Wildman–Crippen LogP) is 2.16. The molecule has 0 bridgehead atoms. The zero-order valence-corrected chi connectivity index (χ0v) is 9.63. The summed E-state index contributed by atoms with van der Waals surface area (Å²) in [5, 5.41) is -1.13. The lowest BCUT2D eigenvalue weighted by atomic mass is 10.0. The highest BCUT2D eigenvalue weighted by molar-refractivity contribution is 6.41. The average Bonchev–Trinajstić information content (AvgIpc) is 2.13. The maximum absolute atomic E-state index is 11.3. The largest absolute Gasteiger partial charge is 0.465 e. The van der Waals surface area contributed by atoms with Gasteiger partial charge in [-0.05, 0) is 19.3 Å². The van der Waals surface area contributed by atoms with Crippen molar-refractivity contribution < 1.29 is 14.3 Å². The van der Waals surface area contributed by atoms with Crippen LogP contribution in [-0.4, -0.2) is 23.7 Å². The molecule has 0 saturated heterocycles. The number of hydrogen-bond donors (Lipinski definition) is 0. The highest BCUT2D eigenvalue weighted by Crippen LogP contribution is 2.10. The molecule has 0 aromatic carbocycles. The molecule has 0 N–H and O–H groups in total. The van der Waals surface area contributed by atoms with Gasteiger partial charge in [0.1, 0.15) is 0 Å². The van der Waals surface area contributed by atoms with Crippen LogP contribution in [0.25, 0.3) is 0 Å². The highest BCUT2D eigenvalue weighted by Gasteiger charge is 2.24.